The zero-order valence-electron chi connectivity index (χ0n) is 14.5. The van der Waals surface area contributed by atoms with Gasteiger partial charge in [0.15, 0.2) is 36.1 Å². The molecule has 1 aliphatic rings. The Kier molecular flexibility index (Phi) is 10.6. The van der Waals surface area contributed by atoms with Crippen molar-refractivity contribution in [3.8, 4) is 0 Å². The molecular weight excluding hydrogens is 360 g/mol. The minimum absolute atomic E-state index is 0.0258. The molecule has 0 radical (unpaired) electrons. The van der Waals surface area contributed by atoms with Gasteiger partial charge in [0.05, 0.1) is 25.4 Å². The van der Waals surface area contributed by atoms with Crippen LogP contribution in [0.1, 0.15) is 50.3 Å². The molecule has 2 atom stereocenters. The minimum Gasteiger partial charge on any atom is -0.456 e. The molecule has 148 valence electrons. The maximum atomic E-state index is 9.96. The first-order valence-electron chi connectivity index (χ1n) is 8.12. The maximum absolute atomic E-state index is 9.96. The van der Waals surface area contributed by atoms with Gasteiger partial charge >= 0.3 is 0 Å². The van der Waals surface area contributed by atoms with Crippen LogP contribution in [0, 0.1) is 0 Å². The molecule has 3 N–H and O–H groups in total. The monoisotopic (exact) mass is 382 g/mol. The van der Waals surface area contributed by atoms with Crippen molar-refractivity contribution in [3.63, 3.8) is 0 Å². The van der Waals surface area contributed by atoms with Crippen LogP contribution in [0.25, 0.3) is 0 Å². The van der Waals surface area contributed by atoms with Crippen LogP contribution < -0.4 is 0 Å². The van der Waals surface area contributed by atoms with Gasteiger partial charge in [-0.25, -0.2) is 0 Å². The van der Waals surface area contributed by atoms with Crippen molar-refractivity contribution < 1.29 is 43.3 Å². The lowest BCUT2D eigenvalue weighted by atomic mass is 10.2. The molecule has 0 bridgehead atoms. The van der Waals surface area contributed by atoms with Crippen molar-refractivity contribution in [3.05, 3.63) is 47.3 Å². The summed E-state index contributed by atoms with van der Waals surface area (Å²) in [7, 11) is 0. The molecule has 1 fully saturated rings. The summed E-state index contributed by atoms with van der Waals surface area (Å²) in [6.45, 7) is 0.000833. The van der Waals surface area contributed by atoms with Gasteiger partial charge in [0, 0.05) is 0 Å². The van der Waals surface area contributed by atoms with Gasteiger partial charge in [0.1, 0.15) is 12.4 Å². The first-order valence-corrected chi connectivity index (χ1v) is 8.12. The Morgan fingerprint density at radius 3 is 1.48 bits per heavy atom. The Bertz CT molecular complexity index is 656. The van der Waals surface area contributed by atoms with Crippen LogP contribution in [0.2, 0.25) is 0 Å². The SMILES string of the molecule is O=Cc1ccc(C=O)o1.O=Cc1ccc(CO)o1.OCC1CCC(CO)O1. The highest BCUT2D eigenvalue weighted by atomic mass is 16.5. The van der Waals surface area contributed by atoms with E-state index in [1.807, 2.05) is 0 Å². The summed E-state index contributed by atoms with van der Waals surface area (Å²) in [5, 5.41) is 25.6. The summed E-state index contributed by atoms with van der Waals surface area (Å²) < 4.78 is 14.6. The lowest BCUT2D eigenvalue weighted by molar-refractivity contribution is -0.0119. The lowest BCUT2D eigenvalue weighted by Crippen LogP contribution is -2.16. The van der Waals surface area contributed by atoms with Crippen molar-refractivity contribution in [2.45, 2.75) is 31.7 Å². The first kappa shape index (κ1) is 22.5. The molecule has 3 rings (SSSR count). The molecule has 0 aromatic carbocycles. The van der Waals surface area contributed by atoms with Crippen LogP contribution >= 0.6 is 0 Å². The second-order valence-electron chi connectivity index (χ2n) is 5.38. The molecule has 3 heterocycles. The van der Waals surface area contributed by atoms with Gasteiger partial charge in [-0.2, -0.15) is 0 Å². The molecule has 9 nitrogen and oxygen atoms in total. The molecular formula is C18H22O9. The van der Waals surface area contributed by atoms with E-state index in [1.54, 1.807) is 6.07 Å². The van der Waals surface area contributed by atoms with Crippen molar-refractivity contribution in [1.29, 1.82) is 0 Å². The minimum atomic E-state index is -0.159. The van der Waals surface area contributed by atoms with Crippen LogP contribution in [-0.4, -0.2) is 59.6 Å². The van der Waals surface area contributed by atoms with Gasteiger partial charge in [-0.3, -0.25) is 14.4 Å². The number of carbonyl (C=O) groups excluding carboxylic acids is 3. The lowest BCUT2D eigenvalue weighted by Gasteiger charge is -2.07. The summed E-state index contributed by atoms with van der Waals surface area (Å²) in [5.41, 5.74) is 0. The molecule has 0 aliphatic carbocycles. The van der Waals surface area contributed by atoms with E-state index in [0.29, 0.717) is 24.6 Å². The van der Waals surface area contributed by atoms with E-state index in [1.165, 1.54) is 18.2 Å². The van der Waals surface area contributed by atoms with Crippen molar-refractivity contribution in [1.82, 2.24) is 0 Å². The Morgan fingerprint density at radius 2 is 1.22 bits per heavy atom. The molecule has 2 aromatic rings. The second kappa shape index (κ2) is 12.7. The summed E-state index contributed by atoms with van der Waals surface area (Å²) in [6, 6.07) is 5.95. The molecule has 0 spiro atoms. The van der Waals surface area contributed by atoms with Gasteiger partial charge in [-0.05, 0) is 37.1 Å². The Hall–Kier alpha value is -2.59. The molecule has 2 aromatic heterocycles. The fraction of sp³-hybridized carbons (Fsp3) is 0.389. The number of hydrogen-bond donors (Lipinski definition) is 3. The number of aliphatic hydroxyl groups is 3. The molecule has 9 heteroatoms. The van der Waals surface area contributed by atoms with Crippen LogP contribution in [0.3, 0.4) is 0 Å². The van der Waals surface area contributed by atoms with E-state index >= 15 is 0 Å². The van der Waals surface area contributed by atoms with E-state index in [2.05, 4.69) is 4.42 Å². The number of rotatable bonds is 6. The molecule has 0 amide bonds. The average molecular weight is 382 g/mol. The van der Waals surface area contributed by atoms with Gasteiger partial charge in [-0.15, -0.1) is 0 Å². The average Bonchev–Trinajstić information content (AvgIpc) is 3.48. The number of carbonyl (C=O) groups is 3. The Labute approximate surface area is 155 Å². The third-order valence-corrected chi connectivity index (χ3v) is 3.44. The molecule has 1 aliphatic heterocycles. The smallest absolute Gasteiger partial charge is 0.185 e. The molecule has 27 heavy (non-hydrogen) atoms. The summed E-state index contributed by atoms with van der Waals surface area (Å²) in [5.74, 6) is 1.02. The number of ether oxygens (including phenoxy) is 1. The third-order valence-electron chi connectivity index (χ3n) is 3.44. The zero-order chi connectivity index (χ0) is 20.1. The normalized spacial score (nSPS) is 17.9. The van der Waals surface area contributed by atoms with Crippen molar-refractivity contribution in [2.75, 3.05) is 13.2 Å². The second-order valence-corrected chi connectivity index (χ2v) is 5.38. The highest BCUT2D eigenvalue weighted by Crippen LogP contribution is 2.18. The zero-order valence-corrected chi connectivity index (χ0v) is 14.5. The van der Waals surface area contributed by atoms with E-state index in [9.17, 15) is 14.4 Å². The maximum Gasteiger partial charge on any atom is 0.185 e. The molecule has 1 saturated heterocycles. The molecule has 2 unspecified atom stereocenters. The van der Waals surface area contributed by atoms with Crippen LogP contribution in [0.4, 0.5) is 0 Å². The van der Waals surface area contributed by atoms with Crippen LogP contribution in [-0.2, 0) is 11.3 Å². The van der Waals surface area contributed by atoms with Gasteiger partial charge in [0.2, 0.25) is 0 Å². The summed E-state index contributed by atoms with van der Waals surface area (Å²) in [4.78, 5) is 29.8. The highest BCUT2D eigenvalue weighted by molar-refractivity contribution is 5.75. The number of furan rings is 2. The topological polar surface area (TPSA) is 147 Å². The molecule has 0 saturated carbocycles. The Morgan fingerprint density at radius 1 is 0.778 bits per heavy atom. The summed E-state index contributed by atoms with van der Waals surface area (Å²) >= 11 is 0. The van der Waals surface area contributed by atoms with Gasteiger partial charge in [0.25, 0.3) is 0 Å². The number of aliphatic hydroxyl groups excluding tert-OH is 3. The highest BCUT2D eigenvalue weighted by Gasteiger charge is 2.23. The fourth-order valence-corrected chi connectivity index (χ4v) is 2.09. The van der Waals surface area contributed by atoms with E-state index in [0.717, 1.165) is 12.8 Å². The largest absolute Gasteiger partial charge is 0.456 e. The Balaban J connectivity index is 0.000000202. The van der Waals surface area contributed by atoms with Crippen LogP contribution in [0.15, 0.2) is 33.1 Å². The van der Waals surface area contributed by atoms with Gasteiger partial charge in [-0.1, -0.05) is 0 Å². The predicted octanol–water partition coefficient (Wildman–Crippen LogP) is 1.01. The fourth-order valence-electron chi connectivity index (χ4n) is 2.09. The van der Waals surface area contributed by atoms with Crippen LogP contribution in [0.5, 0.6) is 0 Å². The number of hydrogen-bond acceptors (Lipinski definition) is 9. The summed E-state index contributed by atoms with van der Waals surface area (Å²) in [6.07, 6.45) is 3.40. The van der Waals surface area contributed by atoms with E-state index in [-0.39, 0.29) is 49.3 Å². The third kappa shape index (κ3) is 8.09. The van der Waals surface area contributed by atoms with Gasteiger partial charge < -0.3 is 28.9 Å². The number of aldehydes is 3. The standard InChI is InChI=1S/C6H12O3.C6H6O3.C6H4O3/c3*7-3-5-1-2-6(4-8)9-5/h5-8H,1-4H2;1-3,8H,4H2;1-4H. The quantitative estimate of drug-likeness (QED) is 0.622. The van der Waals surface area contributed by atoms with E-state index in [4.69, 9.17) is 24.5 Å². The predicted molar refractivity (Wildman–Crippen MR) is 91.6 cm³/mol. The van der Waals surface area contributed by atoms with E-state index < -0.39 is 0 Å². The van der Waals surface area contributed by atoms with Crippen molar-refractivity contribution in [2.24, 2.45) is 0 Å². The first-order chi connectivity index (χ1) is 13.1. The van der Waals surface area contributed by atoms with Crippen molar-refractivity contribution >= 4 is 18.9 Å².